The molecule has 1 heterocycles. The van der Waals surface area contributed by atoms with Gasteiger partial charge < -0.3 is 0 Å². The van der Waals surface area contributed by atoms with Gasteiger partial charge in [-0.3, -0.25) is 4.79 Å². The zero-order chi connectivity index (χ0) is 17.5. The summed E-state index contributed by atoms with van der Waals surface area (Å²) in [6.07, 6.45) is -4.11. The Hall–Kier alpha value is -2.20. The first-order valence-electron chi connectivity index (χ1n) is 7.34. The molecule has 0 radical (unpaired) electrons. The standard InChI is InChI=1S/C17H13F3N2OS/c1-9-8-24-16(22-9)13(7-21)15(23)12-6-11(12)10-4-2-3-5-14(10)17(18,19)20/h2-5,8,11-13H,6H2,1H3. The highest BCUT2D eigenvalue weighted by atomic mass is 32.1. The Morgan fingerprint density at radius 1 is 1.42 bits per heavy atom. The molecule has 0 bridgehead atoms. The molecule has 2 aromatic rings. The fraction of sp³-hybridized carbons (Fsp3) is 0.353. The van der Waals surface area contributed by atoms with Gasteiger partial charge in [0.1, 0.15) is 5.01 Å². The lowest BCUT2D eigenvalue weighted by Crippen LogP contribution is -2.15. The number of nitriles is 1. The number of thiazole rings is 1. The lowest BCUT2D eigenvalue weighted by atomic mass is 9.96. The van der Waals surface area contributed by atoms with Crippen LogP contribution in [0.25, 0.3) is 0 Å². The molecule has 3 atom stereocenters. The Morgan fingerprint density at radius 2 is 2.12 bits per heavy atom. The van der Waals surface area contributed by atoms with Gasteiger partial charge in [0.05, 0.1) is 11.6 Å². The minimum atomic E-state index is -4.45. The number of hydrogen-bond donors (Lipinski definition) is 0. The Bertz CT molecular complexity index is 822. The summed E-state index contributed by atoms with van der Waals surface area (Å²) in [4.78, 5) is 16.7. The second-order valence-corrected chi connectivity index (χ2v) is 6.71. The van der Waals surface area contributed by atoms with Gasteiger partial charge in [0.2, 0.25) is 0 Å². The molecule has 0 N–H and O–H groups in total. The maximum Gasteiger partial charge on any atom is 0.416 e. The Balaban J connectivity index is 1.83. The van der Waals surface area contributed by atoms with Crippen LogP contribution in [0.1, 0.15) is 40.1 Å². The first kappa shape index (κ1) is 16.7. The third-order valence-corrected chi connectivity index (χ3v) is 5.15. The Labute approximate surface area is 140 Å². The quantitative estimate of drug-likeness (QED) is 0.818. The molecular weight excluding hydrogens is 337 g/mol. The van der Waals surface area contributed by atoms with Gasteiger partial charge in [-0.25, -0.2) is 4.98 Å². The zero-order valence-corrected chi connectivity index (χ0v) is 13.5. The van der Waals surface area contributed by atoms with Crippen LogP contribution in [-0.2, 0) is 11.0 Å². The molecule has 0 amide bonds. The van der Waals surface area contributed by atoms with Crippen LogP contribution in [0.15, 0.2) is 29.6 Å². The van der Waals surface area contributed by atoms with E-state index in [4.69, 9.17) is 0 Å². The molecule has 1 aromatic heterocycles. The van der Waals surface area contributed by atoms with Crippen molar-refractivity contribution in [2.75, 3.05) is 0 Å². The third kappa shape index (κ3) is 3.06. The van der Waals surface area contributed by atoms with E-state index < -0.39 is 29.5 Å². The summed E-state index contributed by atoms with van der Waals surface area (Å²) in [5, 5.41) is 11.5. The number of benzene rings is 1. The van der Waals surface area contributed by atoms with E-state index in [0.29, 0.717) is 11.4 Å². The summed E-state index contributed by atoms with van der Waals surface area (Å²) in [5.41, 5.74) is 0.150. The number of hydrogen-bond acceptors (Lipinski definition) is 4. The minimum absolute atomic E-state index is 0.135. The summed E-state index contributed by atoms with van der Waals surface area (Å²) in [5.74, 6) is -2.37. The molecule has 1 aromatic carbocycles. The summed E-state index contributed by atoms with van der Waals surface area (Å²) < 4.78 is 39.3. The van der Waals surface area contributed by atoms with Crippen molar-refractivity contribution in [3.05, 3.63) is 51.5 Å². The van der Waals surface area contributed by atoms with Crippen molar-refractivity contribution in [1.82, 2.24) is 4.98 Å². The monoisotopic (exact) mass is 350 g/mol. The third-order valence-electron chi connectivity index (χ3n) is 4.12. The molecular formula is C17H13F3N2OS. The van der Waals surface area contributed by atoms with Crippen molar-refractivity contribution < 1.29 is 18.0 Å². The number of ketones is 1. The predicted molar refractivity (Wildman–Crippen MR) is 82.5 cm³/mol. The van der Waals surface area contributed by atoms with Gasteiger partial charge in [-0.1, -0.05) is 18.2 Å². The molecule has 1 fully saturated rings. The van der Waals surface area contributed by atoms with Gasteiger partial charge in [-0.15, -0.1) is 11.3 Å². The van der Waals surface area contributed by atoms with E-state index in [-0.39, 0.29) is 11.3 Å². The molecule has 3 unspecified atom stereocenters. The van der Waals surface area contributed by atoms with E-state index in [2.05, 4.69) is 4.98 Å². The highest BCUT2D eigenvalue weighted by Gasteiger charge is 2.49. The highest BCUT2D eigenvalue weighted by molar-refractivity contribution is 7.09. The van der Waals surface area contributed by atoms with Crippen LogP contribution in [0.5, 0.6) is 0 Å². The molecule has 1 aliphatic carbocycles. The van der Waals surface area contributed by atoms with Crippen LogP contribution in [-0.4, -0.2) is 10.8 Å². The van der Waals surface area contributed by atoms with Crippen LogP contribution in [0.3, 0.4) is 0 Å². The lowest BCUT2D eigenvalue weighted by molar-refractivity contribution is -0.138. The molecule has 3 nitrogen and oxygen atoms in total. The fourth-order valence-corrected chi connectivity index (χ4v) is 3.74. The lowest BCUT2D eigenvalue weighted by Gasteiger charge is -2.12. The number of Topliss-reactive ketones (excluding diaryl/α,β-unsaturated/α-hetero) is 1. The number of rotatable bonds is 4. The van der Waals surface area contributed by atoms with Gasteiger partial charge in [-0.2, -0.15) is 18.4 Å². The smallest absolute Gasteiger partial charge is 0.297 e. The van der Waals surface area contributed by atoms with Crippen LogP contribution in [0.4, 0.5) is 13.2 Å². The van der Waals surface area contributed by atoms with E-state index in [9.17, 15) is 23.2 Å². The number of alkyl halides is 3. The van der Waals surface area contributed by atoms with Gasteiger partial charge in [-0.05, 0) is 30.9 Å². The molecule has 0 spiro atoms. The van der Waals surface area contributed by atoms with Crippen molar-refractivity contribution in [3.63, 3.8) is 0 Å². The van der Waals surface area contributed by atoms with Crippen molar-refractivity contribution >= 4 is 17.1 Å². The zero-order valence-electron chi connectivity index (χ0n) is 12.7. The van der Waals surface area contributed by atoms with Crippen LogP contribution < -0.4 is 0 Å². The van der Waals surface area contributed by atoms with Crippen LogP contribution in [0.2, 0.25) is 0 Å². The van der Waals surface area contributed by atoms with Gasteiger partial charge in [0.15, 0.2) is 11.7 Å². The number of nitrogens with zero attached hydrogens (tertiary/aromatic N) is 2. The molecule has 7 heteroatoms. The Morgan fingerprint density at radius 3 is 2.71 bits per heavy atom. The van der Waals surface area contributed by atoms with Crippen LogP contribution >= 0.6 is 11.3 Å². The average molecular weight is 350 g/mol. The van der Waals surface area contributed by atoms with Crippen LogP contribution in [0, 0.1) is 24.2 Å². The normalized spacial score (nSPS) is 21.1. The molecule has 124 valence electrons. The molecule has 1 saturated carbocycles. The van der Waals surface area contributed by atoms with Gasteiger partial charge in [0, 0.05) is 17.0 Å². The second kappa shape index (κ2) is 6.02. The predicted octanol–water partition coefficient (Wildman–Crippen LogP) is 4.45. The van der Waals surface area contributed by atoms with E-state index >= 15 is 0 Å². The minimum Gasteiger partial charge on any atom is -0.297 e. The number of carbonyl (C=O) groups excluding carboxylic acids is 1. The molecule has 24 heavy (non-hydrogen) atoms. The summed E-state index contributed by atoms with van der Waals surface area (Å²) in [7, 11) is 0. The fourth-order valence-electron chi connectivity index (χ4n) is 2.89. The highest BCUT2D eigenvalue weighted by Crippen LogP contribution is 2.53. The van der Waals surface area contributed by atoms with Crippen molar-refractivity contribution in [1.29, 1.82) is 5.26 Å². The molecule has 1 aliphatic rings. The SMILES string of the molecule is Cc1csc(C(C#N)C(=O)C2CC2c2ccccc2C(F)(F)F)n1. The molecule has 0 aliphatic heterocycles. The first-order chi connectivity index (χ1) is 11.3. The summed E-state index contributed by atoms with van der Waals surface area (Å²) in [6.45, 7) is 1.76. The van der Waals surface area contributed by atoms with Gasteiger partial charge >= 0.3 is 6.18 Å². The van der Waals surface area contributed by atoms with E-state index in [1.807, 2.05) is 6.07 Å². The topological polar surface area (TPSA) is 53.8 Å². The van der Waals surface area contributed by atoms with E-state index in [1.54, 1.807) is 12.3 Å². The van der Waals surface area contributed by atoms with Crippen molar-refractivity contribution in [3.8, 4) is 6.07 Å². The summed E-state index contributed by atoms with van der Waals surface area (Å²) in [6, 6.07) is 7.26. The maximum absolute atomic E-state index is 13.1. The number of halogens is 3. The number of carbonyl (C=O) groups is 1. The number of aromatic nitrogens is 1. The molecule has 3 rings (SSSR count). The largest absolute Gasteiger partial charge is 0.416 e. The van der Waals surface area contributed by atoms with E-state index in [0.717, 1.165) is 11.8 Å². The van der Waals surface area contributed by atoms with Crippen molar-refractivity contribution in [2.45, 2.75) is 31.4 Å². The second-order valence-electron chi connectivity index (χ2n) is 5.83. The average Bonchev–Trinajstić information content (AvgIpc) is 3.23. The number of aryl methyl sites for hydroxylation is 1. The Kier molecular flexibility index (Phi) is 4.18. The molecule has 0 saturated heterocycles. The first-order valence-corrected chi connectivity index (χ1v) is 8.22. The van der Waals surface area contributed by atoms with E-state index in [1.165, 1.54) is 29.5 Å². The van der Waals surface area contributed by atoms with Crippen molar-refractivity contribution in [2.24, 2.45) is 5.92 Å². The maximum atomic E-state index is 13.1. The van der Waals surface area contributed by atoms with Gasteiger partial charge in [0.25, 0.3) is 0 Å². The summed E-state index contributed by atoms with van der Waals surface area (Å²) >= 11 is 1.23.